The van der Waals surface area contributed by atoms with Crippen LogP contribution in [-0.2, 0) is 10.4 Å². The molecule has 0 atom stereocenters. The summed E-state index contributed by atoms with van der Waals surface area (Å²) in [6, 6.07) is 16.8. The van der Waals surface area contributed by atoms with E-state index in [2.05, 4.69) is 64.2 Å². The third-order valence-electron chi connectivity index (χ3n) is 3.29. The predicted molar refractivity (Wildman–Crippen MR) is 83.1 cm³/mol. The second kappa shape index (κ2) is 5.38. The molecule has 4 aromatic rings. The van der Waals surface area contributed by atoms with E-state index in [0.29, 0.717) is 0 Å². The summed E-state index contributed by atoms with van der Waals surface area (Å²) in [5, 5.41) is 2.57. The summed E-state index contributed by atoms with van der Waals surface area (Å²) in [4.78, 5) is 3.50. The van der Waals surface area contributed by atoms with E-state index in [4.69, 9.17) is 17.5 Å². The van der Waals surface area contributed by atoms with Gasteiger partial charge in [-0.05, 0) is 12.1 Å². The molecule has 0 aliphatic heterocycles. The van der Waals surface area contributed by atoms with E-state index < -0.39 is 10.4 Å². The Hall–Kier alpha value is -2.48. The third kappa shape index (κ3) is 2.91. The number of rotatable bonds is 0. The average molecular weight is 317 g/mol. The first kappa shape index (κ1) is 14.5. The minimum atomic E-state index is -4.67. The lowest BCUT2D eigenvalue weighted by molar-refractivity contribution is -0.510. The summed E-state index contributed by atoms with van der Waals surface area (Å²) in [5.74, 6) is 0. The summed E-state index contributed by atoms with van der Waals surface area (Å²) in [7, 11) is -4.67. The van der Waals surface area contributed by atoms with Crippen molar-refractivity contribution in [2.75, 3.05) is 0 Å². The van der Waals surface area contributed by atoms with Crippen LogP contribution in [0.2, 0.25) is 0 Å². The fourth-order valence-electron chi connectivity index (χ4n) is 2.49. The van der Waals surface area contributed by atoms with Gasteiger partial charge in [-0.2, -0.15) is 12.8 Å². The highest BCUT2D eigenvalue weighted by Gasteiger charge is 2.11. The molecule has 0 radical (unpaired) electrons. The van der Waals surface area contributed by atoms with Crippen molar-refractivity contribution in [2.24, 2.45) is 0 Å². The zero-order chi connectivity index (χ0) is 15.7. The van der Waals surface area contributed by atoms with Gasteiger partial charge < -0.3 is 4.98 Å². The first-order valence-electron chi connectivity index (χ1n) is 6.43. The molecule has 3 aromatic heterocycles. The van der Waals surface area contributed by atoms with Crippen LogP contribution >= 0.6 is 0 Å². The number of hydrogen-bond donors (Lipinski definition) is 3. The summed E-state index contributed by atoms with van der Waals surface area (Å²) in [6.45, 7) is 0. The molecule has 0 bridgehead atoms. The van der Waals surface area contributed by atoms with Gasteiger partial charge in [-0.1, -0.05) is 18.2 Å². The molecule has 0 saturated carbocycles. The highest BCUT2D eigenvalue weighted by atomic mass is 32.3. The topological polar surface area (TPSA) is 94.5 Å². The smallest absolute Gasteiger partial charge is 0.349 e. The van der Waals surface area contributed by atoms with Crippen molar-refractivity contribution in [3.63, 3.8) is 0 Å². The molecular formula is C15H13N2O4S+. The molecule has 0 aliphatic rings. The van der Waals surface area contributed by atoms with Gasteiger partial charge in [-0.15, -0.1) is 0 Å². The SMILES string of the molecule is O=S(=O)(O)O.c1ccc2c(c1)[nH]c1c2cc[n+]2ccccc12. The van der Waals surface area contributed by atoms with Crippen LogP contribution in [0.5, 0.6) is 0 Å². The second-order valence-electron chi connectivity index (χ2n) is 4.72. The minimum Gasteiger partial charge on any atom is -0.349 e. The monoisotopic (exact) mass is 317 g/mol. The van der Waals surface area contributed by atoms with Crippen LogP contribution in [-0.4, -0.2) is 22.5 Å². The molecular weight excluding hydrogens is 304 g/mol. The van der Waals surface area contributed by atoms with Crippen molar-refractivity contribution in [3.05, 3.63) is 60.9 Å². The lowest BCUT2D eigenvalue weighted by Crippen LogP contribution is -2.19. The van der Waals surface area contributed by atoms with Gasteiger partial charge >= 0.3 is 10.4 Å². The van der Waals surface area contributed by atoms with E-state index in [1.807, 2.05) is 6.07 Å². The maximum atomic E-state index is 8.74. The van der Waals surface area contributed by atoms with Crippen molar-refractivity contribution in [3.8, 4) is 0 Å². The first-order valence-corrected chi connectivity index (χ1v) is 7.82. The summed E-state index contributed by atoms with van der Waals surface area (Å²) >= 11 is 0. The Balaban J connectivity index is 0.000000254. The molecule has 7 heteroatoms. The van der Waals surface area contributed by atoms with Gasteiger partial charge in [-0.3, -0.25) is 9.11 Å². The van der Waals surface area contributed by atoms with Crippen LogP contribution in [0.4, 0.5) is 0 Å². The third-order valence-corrected chi connectivity index (χ3v) is 3.29. The van der Waals surface area contributed by atoms with Crippen molar-refractivity contribution < 1.29 is 21.9 Å². The number of aromatic amines is 1. The quantitative estimate of drug-likeness (QED) is 0.343. The Kier molecular flexibility index (Phi) is 3.53. The van der Waals surface area contributed by atoms with Crippen molar-refractivity contribution in [2.45, 2.75) is 0 Å². The molecule has 0 saturated heterocycles. The van der Waals surface area contributed by atoms with Crippen LogP contribution in [0.15, 0.2) is 60.9 Å². The van der Waals surface area contributed by atoms with E-state index in [0.717, 1.165) is 0 Å². The molecule has 3 heterocycles. The van der Waals surface area contributed by atoms with E-state index in [-0.39, 0.29) is 0 Å². The molecule has 0 aliphatic carbocycles. The Labute approximate surface area is 126 Å². The normalized spacial score (nSPS) is 11.5. The zero-order valence-corrected chi connectivity index (χ0v) is 12.2. The van der Waals surface area contributed by atoms with E-state index in [1.165, 1.54) is 27.3 Å². The largest absolute Gasteiger partial charge is 0.394 e. The van der Waals surface area contributed by atoms with Crippen molar-refractivity contribution in [1.82, 2.24) is 4.98 Å². The van der Waals surface area contributed by atoms with E-state index in [9.17, 15) is 0 Å². The lowest BCUT2D eigenvalue weighted by atomic mass is 10.2. The van der Waals surface area contributed by atoms with Crippen LogP contribution in [0.3, 0.4) is 0 Å². The second-order valence-corrected chi connectivity index (χ2v) is 5.61. The van der Waals surface area contributed by atoms with Gasteiger partial charge in [-0.25, -0.2) is 0 Å². The average Bonchev–Trinajstić information content (AvgIpc) is 2.84. The highest BCUT2D eigenvalue weighted by molar-refractivity contribution is 7.79. The molecule has 0 amide bonds. The summed E-state index contributed by atoms with van der Waals surface area (Å²) in [5.41, 5.74) is 3.61. The fraction of sp³-hybridized carbons (Fsp3) is 0. The van der Waals surface area contributed by atoms with Gasteiger partial charge in [0.2, 0.25) is 5.52 Å². The number of nitrogens with zero attached hydrogens (tertiary/aromatic N) is 1. The highest BCUT2D eigenvalue weighted by Crippen LogP contribution is 2.25. The molecule has 0 unspecified atom stereocenters. The summed E-state index contributed by atoms with van der Waals surface area (Å²) in [6.07, 6.45) is 4.18. The number of hydrogen-bond acceptors (Lipinski definition) is 2. The molecule has 22 heavy (non-hydrogen) atoms. The Morgan fingerprint density at radius 1 is 0.864 bits per heavy atom. The van der Waals surface area contributed by atoms with E-state index >= 15 is 0 Å². The lowest BCUT2D eigenvalue weighted by Gasteiger charge is -1.92. The number of fused-ring (bicyclic) bond motifs is 5. The maximum Gasteiger partial charge on any atom is 0.394 e. The standard InChI is InChI=1S/C15H10N2.H2O4S/c1-2-6-13-11(5-1)12-8-10-17-9-4-3-7-14(17)15(12)16-13;1-5(2,3)4/h1-10H;(H2,1,2,3,4)/p+1. The van der Waals surface area contributed by atoms with E-state index in [1.54, 1.807) is 0 Å². The first-order chi connectivity index (χ1) is 10.4. The molecule has 3 N–H and O–H groups in total. The minimum absolute atomic E-state index is 1.19. The van der Waals surface area contributed by atoms with Crippen molar-refractivity contribution >= 4 is 37.7 Å². The number of aromatic nitrogens is 2. The van der Waals surface area contributed by atoms with Crippen molar-refractivity contribution in [1.29, 1.82) is 0 Å². The van der Waals surface area contributed by atoms with Crippen LogP contribution < -0.4 is 4.40 Å². The molecule has 0 spiro atoms. The van der Waals surface area contributed by atoms with Gasteiger partial charge in [0.25, 0.3) is 0 Å². The Morgan fingerprint density at radius 3 is 2.32 bits per heavy atom. The molecule has 112 valence electrons. The Morgan fingerprint density at radius 2 is 1.55 bits per heavy atom. The molecule has 0 fully saturated rings. The van der Waals surface area contributed by atoms with Crippen LogP contribution in [0.25, 0.3) is 27.3 Å². The number of H-pyrrole nitrogens is 1. The van der Waals surface area contributed by atoms with Gasteiger partial charge in [0.15, 0.2) is 12.4 Å². The zero-order valence-electron chi connectivity index (χ0n) is 11.3. The Bertz CT molecular complexity index is 1060. The number of nitrogens with one attached hydrogen (secondary N) is 1. The van der Waals surface area contributed by atoms with Gasteiger partial charge in [0.05, 0.1) is 0 Å². The fourth-order valence-corrected chi connectivity index (χ4v) is 2.49. The number of para-hydroxylation sites is 1. The maximum absolute atomic E-state index is 8.74. The number of benzene rings is 1. The summed E-state index contributed by atoms with van der Waals surface area (Å²) < 4.78 is 33.7. The molecule has 1 aromatic carbocycles. The number of pyridine rings is 2. The molecule has 4 rings (SSSR count). The van der Waals surface area contributed by atoms with Gasteiger partial charge in [0, 0.05) is 34.5 Å². The molecule has 6 nitrogen and oxygen atoms in total. The predicted octanol–water partition coefficient (Wildman–Crippen LogP) is 2.41. The van der Waals surface area contributed by atoms with Crippen LogP contribution in [0.1, 0.15) is 0 Å². The van der Waals surface area contributed by atoms with Crippen LogP contribution in [0, 0.1) is 0 Å². The van der Waals surface area contributed by atoms with Gasteiger partial charge in [0.1, 0.15) is 5.52 Å².